The number of aryl methyl sites for hydroxylation is 2. The molecule has 1 N–H and O–H groups in total. The standard InChI is InChI=1S/C21H25NO6/c1-12-9-15(26-17(23)11-22-20(25)28-21(2,3)4)18-13-7-5-6-8-14(13)19(24)27-16(18)10-12/h9-10H,5-8,11H2,1-4H3,(H,22,25). The monoisotopic (exact) mass is 387 g/mol. The Kier molecular flexibility index (Phi) is 5.45. The first-order valence-electron chi connectivity index (χ1n) is 9.41. The highest BCUT2D eigenvalue weighted by atomic mass is 16.6. The Balaban J connectivity index is 1.85. The van der Waals surface area contributed by atoms with E-state index in [4.69, 9.17) is 13.9 Å². The van der Waals surface area contributed by atoms with Gasteiger partial charge < -0.3 is 19.2 Å². The van der Waals surface area contributed by atoms with Crippen LogP contribution >= 0.6 is 0 Å². The Morgan fingerprint density at radius 2 is 1.82 bits per heavy atom. The van der Waals surface area contributed by atoms with Crippen molar-refractivity contribution in [2.75, 3.05) is 6.54 Å². The third kappa shape index (κ3) is 4.52. The first-order valence-corrected chi connectivity index (χ1v) is 9.41. The molecule has 0 saturated carbocycles. The van der Waals surface area contributed by atoms with Crippen molar-refractivity contribution in [1.82, 2.24) is 5.32 Å². The van der Waals surface area contributed by atoms with Crippen LogP contribution in [0.15, 0.2) is 21.3 Å². The average Bonchev–Trinajstić information content (AvgIpc) is 2.58. The molecule has 0 aliphatic heterocycles. The molecule has 0 bridgehead atoms. The lowest BCUT2D eigenvalue weighted by Gasteiger charge is -2.20. The Hall–Kier alpha value is -2.83. The molecule has 0 radical (unpaired) electrons. The minimum atomic E-state index is -0.693. The Morgan fingerprint density at radius 3 is 2.50 bits per heavy atom. The molecular formula is C21H25NO6. The fourth-order valence-electron chi connectivity index (χ4n) is 3.36. The molecule has 1 aromatic heterocycles. The molecule has 0 saturated heterocycles. The molecule has 28 heavy (non-hydrogen) atoms. The van der Waals surface area contributed by atoms with Crippen LogP contribution in [-0.4, -0.2) is 24.2 Å². The molecule has 1 aromatic carbocycles. The predicted molar refractivity (Wildman–Crippen MR) is 104 cm³/mol. The van der Waals surface area contributed by atoms with E-state index in [1.165, 1.54) is 0 Å². The van der Waals surface area contributed by atoms with Gasteiger partial charge in [0.25, 0.3) is 0 Å². The van der Waals surface area contributed by atoms with E-state index >= 15 is 0 Å². The first kappa shape index (κ1) is 19.9. The number of ether oxygens (including phenoxy) is 2. The number of hydrogen-bond donors (Lipinski definition) is 1. The van der Waals surface area contributed by atoms with Crippen molar-refractivity contribution >= 4 is 23.0 Å². The zero-order valence-electron chi connectivity index (χ0n) is 16.6. The summed E-state index contributed by atoms with van der Waals surface area (Å²) in [6.07, 6.45) is 2.61. The van der Waals surface area contributed by atoms with Gasteiger partial charge in [-0.25, -0.2) is 14.4 Å². The van der Waals surface area contributed by atoms with Crippen molar-refractivity contribution in [3.63, 3.8) is 0 Å². The van der Waals surface area contributed by atoms with Crippen molar-refractivity contribution in [1.29, 1.82) is 0 Å². The van der Waals surface area contributed by atoms with Gasteiger partial charge >= 0.3 is 17.7 Å². The molecule has 2 aromatic rings. The summed E-state index contributed by atoms with van der Waals surface area (Å²) in [5.74, 6) is -0.290. The number of hydrogen-bond acceptors (Lipinski definition) is 6. The van der Waals surface area contributed by atoms with Crippen molar-refractivity contribution < 1.29 is 23.5 Å². The minimum absolute atomic E-state index is 0.323. The van der Waals surface area contributed by atoms with Gasteiger partial charge in [0, 0.05) is 5.56 Å². The first-order chi connectivity index (χ1) is 13.1. The third-order valence-electron chi connectivity index (χ3n) is 4.43. The quantitative estimate of drug-likeness (QED) is 0.493. The highest BCUT2D eigenvalue weighted by Crippen LogP contribution is 2.34. The molecule has 1 heterocycles. The molecule has 0 spiro atoms. The van der Waals surface area contributed by atoms with Crippen LogP contribution in [0.5, 0.6) is 5.75 Å². The summed E-state index contributed by atoms with van der Waals surface area (Å²) in [7, 11) is 0. The SMILES string of the molecule is Cc1cc(OC(=O)CNC(=O)OC(C)(C)C)c2c3c(c(=O)oc2c1)CCCC3. The number of amides is 1. The minimum Gasteiger partial charge on any atom is -0.444 e. The van der Waals surface area contributed by atoms with E-state index in [-0.39, 0.29) is 12.2 Å². The molecule has 3 rings (SSSR count). The summed E-state index contributed by atoms with van der Waals surface area (Å²) in [5, 5.41) is 3.04. The summed E-state index contributed by atoms with van der Waals surface area (Å²) in [6.45, 7) is 6.71. The zero-order valence-corrected chi connectivity index (χ0v) is 16.6. The van der Waals surface area contributed by atoms with Gasteiger partial charge in [-0.1, -0.05) is 0 Å². The van der Waals surface area contributed by atoms with E-state index in [1.807, 2.05) is 6.92 Å². The highest BCUT2D eigenvalue weighted by Gasteiger charge is 2.23. The van der Waals surface area contributed by atoms with Crippen LogP contribution in [0.1, 0.15) is 50.3 Å². The van der Waals surface area contributed by atoms with Crippen LogP contribution in [0.2, 0.25) is 0 Å². The fourth-order valence-corrected chi connectivity index (χ4v) is 3.36. The largest absolute Gasteiger partial charge is 0.444 e. The maximum absolute atomic E-state index is 12.3. The van der Waals surface area contributed by atoms with Gasteiger partial charge in [-0.05, 0) is 76.6 Å². The van der Waals surface area contributed by atoms with Crippen molar-refractivity contribution in [2.45, 2.75) is 59.0 Å². The van der Waals surface area contributed by atoms with E-state index in [2.05, 4.69) is 5.32 Å². The van der Waals surface area contributed by atoms with Crippen molar-refractivity contribution in [3.05, 3.63) is 39.2 Å². The van der Waals surface area contributed by atoms with Crippen LogP contribution in [-0.2, 0) is 22.4 Å². The molecule has 1 aliphatic rings. The van der Waals surface area contributed by atoms with Crippen molar-refractivity contribution in [3.8, 4) is 5.75 Å². The van der Waals surface area contributed by atoms with Gasteiger partial charge in [0.1, 0.15) is 23.5 Å². The lowest BCUT2D eigenvalue weighted by atomic mass is 9.90. The van der Waals surface area contributed by atoms with Crippen LogP contribution < -0.4 is 15.7 Å². The van der Waals surface area contributed by atoms with Gasteiger partial charge in [-0.15, -0.1) is 0 Å². The van der Waals surface area contributed by atoms with E-state index in [9.17, 15) is 14.4 Å². The van der Waals surface area contributed by atoms with Gasteiger partial charge in [-0.2, -0.15) is 0 Å². The van der Waals surface area contributed by atoms with E-state index in [0.717, 1.165) is 30.4 Å². The molecule has 150 valence electrons. The zero-order chi connectivity index (χ0) is 20.5. The normalized spacial score (nSPS) is 13.7. The Labute approximate surface area is 163 Å². The second-order valence-electron chi connectivity index (χ2n) is 8.02. The summed E-state index contributed by atoms with van der Waals surface area (Å²) in [5.41, 5.74) is 1.78. The Bertz CT molecular complexity index is 983. The summed E-state index contributed by atoms with van der Waals surface area (Å²) >= 11 is 0. The van der Waals surface area contributed by atoms with Gasteiger partial charge in [-0.3, -0.25) is 0 Å². The summed E-state index contributed by atoms with van der Waals surface area (Å²) in [4.78, 5) is 36.3. The van der Waals surface area contributed by atoms with Gasteiger partial charge in [0.15, 0.2) is 0 Å². The number of carbonyl (C=O) groups excluding carboxylic acids is 2. The number of nitrogens with one attached hydrogen (secondary N) is 1. The maximum atomic E-state index is 12.3. The van der Waals surface area contributed by atoms with Crippen LogP contribution in [0.25, 0.3) is 11.0 Å². The predicted octanol–water partition coefficient (Wildman–Crippen LogP) is 3.41. The molecule has 0 atom stereocenters. The number of rotatable bonds is 3. The Morgan fingerprint density at radius 1 is 1.14 bits per heavy atom. The summed E-state index contributed by atoms with van der Waals surface area (Å²) < 4.78 is 16.1. The molecule has 1 aliphatic carbocycles. The second-order valence-corrected chi connectivity index (χ2v) is 8.02. The molecular weight excluding hydrogens is 362 g/mol. The fraction of sp³-hybridized carbons (Fsp3) is 0.476. The van der Waals surface area contributed by atoms with Crippen molar-refractivity contribution in [2.24, 2.45) is 0 Å². The smallest absolute Gasteiger partial charge is 0.408 e. The molecule has 1 amide bonds. The van der Waals surface area contributed by atoms with E-state index in [1.54, 1.807) is 32.9 Å². The van der Waals surface area contributed by atoms with Crippen LogP contribution in [0.3, 0.4) is 0 Å². The highest BCUT2D eigenvalue weighted by molar-refractivity contribution is 5.91. The lowest BCUT2D eigenvalue weighted by molar-refractivity contribution is -0.133. The van der Waals surface area contributed by atoms with Gasteiger partial charge in [0.2, 0.25) is 0 Å². The van der Waals surface area contributed by atoms with Crippen LogP contribution in [0, 0.1) is 6.92 Å². The number of carbonyl (C=O) groups is 2. The van der Waals surface area contributed by atoms with E-state index in [0.29, 0.717) is 28.7 Å². The molecule has 0 fully saturated rings. The van der Waals surface area contributed by atoms with E-state index < -0.39 is 17.7 Å². The average molecular weight is 387 g/mol. The topological polar surface area (TPSA) is 94.8 Å². The number of esters is 1. The maximum Gasteiger partial charge on any atom is 0.408 e. The summed E-state index contributed by atoms with van der Waals surface area (Å²) in [6, 6.07) is 3.50. The molecule has 7 heteroatoms. The second kappa shape index (κ2) is 7.66. The lowest BCUT2D eigenvalue weighted by Crippen LogP contribution is -2.36. The number of alkyl carbamates (subject to hydrolysis) is 1. The van der Waals surface area contributed by atoms with Crippen LogP contribution in [0.4, 0.5) is 4.79 Å². The number of benzene rings is 1. The molecule has 7 nitrogen and oxygen atoms in total. The van der Waals surface area contributed by atoms with Gasteiger partial charge in [0.05, 0.1) is 5.39 Å². The molecule has 0 unspecified atom stereocenters. The third-order valence-corrected chi connectivity index (χ3v) is 4.43. The number of fused-ring (bicyclic) bond motifs is 3.